The summed E-state index contributed by atoms with van der Waals surface area (Å²) < 4.78 is 33.8. The fourth-order valence-electron chi connectivity index (χ4n) is 4.12. The topological polar surface area (TPSA) is 79.0 Å². The lowest BCUT2D eigenvalue weighted by molar-refractivity contribution is -0.117. The summed E-state index contributed by atoms with van der Waals surface area (Å²) >= 11 is 0. The predicted molar refractivity (Wildman–Crippen MR) is 119 cm³/mol. The van der Waals surface area contributed by atoms with Crippen molar-refractivity contribution in [3.8, 4) is 0 Å². The number of morpholine rings is 1. The van der Waals surface area contributed by atoms with Crippen LogP contribution in [0.4, 0.5) is 5.69 Å². The molecule has 2 saturated heterocycles. The van der Waals surface area contributed by atoms with Crippen molar-refractivity contribution < 1.29 is 17.9 Å². The van der Waals surface area contributed by atoms with Gasteiger partial charge in [-0.3, -0.25) is 9.69 Å². The summed E-state index contributed by atoms with van der Waals surface area (Å²) in [6.07, 6.45) is 1.39. The Hall–Kier alpha value is -2.26. The first-order chi connectivity index (χ1) is 14.9. The van der Waals surface area contributed by atoms with Gasteiger partial charge in [-0.1, -0.05) is 24.3 Å². The summed E-state index contributed by atoms with van der Waals surface area (Å²) in [5.74, 6) is 0.0915. The van der Waals surface area contributed by atoms with E-state index in [1.807, 2.05) is 25.1 Å². The lowest BCUT2D eigenvalue weighted by atomic mass is 10.1. The van der Waals surface area contributed by atoms with Crippen LogP contribution in [0.25, 0.3) is 0 Å². The molecule has 0 bridgehead atoms. The highest BCUT2D eigenvalue weighted by Crippen LogP contribution is 2.27. The van der Waals surface area contributed by atoms with Crippen molar-refractivity contribution in [2.75, 3.05) is 37.7 Å². The zero-order valence-corrected chi connectivity index (χ0v) is 18.7. The van der Waals surface area contributed by atoms with E-state index in [-0.39, 0.29) is 17.3 Å². The molecule has 1 N–H and O–H groups in total. The Morgan fingerprint density at radius 2 is 1.81 bits per heavy atom. The van der Waals surface area contributed by atoms with Gasteiger partial charge in [0.15, 0.2) is 0 Å². The van der Waals surface area contributed by atoms with Crippen LogP contribution in [0.1, 0.15) is 29.5 Å². The van der Waals surface area contributed by atoms with Gasteiger partial charge in [0, 0.05) is 44.8 Å². The van der Waals surface area contributed by atoms with Crippen LogP contribution < -0.4 is 9.62 Å². The molecule has 2 heterocycles. The highest BCUT2D eigenvalue weighted by atomic mass is 32.2. The second kappa shape index (κ2) is 9.48. The maximum Gasteiger partial charge on any atom is 0.240 e. The molecule has 2 aromatic carbocycles. The maximum atomic E-state index is 12.8. The van der Waals surface area contributed by atoms with Gasteiger partial charge in [0.05, 0.1) is 18.1 Å². The Labute approximate surface area is 184 Å². The smallest absolute Gasteiger partial charge is 0.240 e. The van der Waals surface area contributed by atoms with Crippen LogP contribution in [0.5, 0.6) is 0 Å². The van der Waals surface area contributed by atoms with Gasteiger partial charge >= 0.3 is 0 Å². The third-order valence-corrected chi connectivity index (χ3v) is 7.21. The molecule has 2 aromatic rings. The van der Waals surface area contributed by atoms with E-state index in [0.29, 0.717) is 13.0 Å². The fourth-order valence-corrected chi connectivity index (χ4v) is 5.22. The number of aryl methyl sites for hydroxylation is 1. The van der Waals surface area contributed by atoms with Crippen LogP contribution in [0.2, 0.25) is 0 Å². The van der Waals surface area contributed by atoms with E-state index in [9.17, 15) is 13.2 Å². The number of sulfonamides is 1. The van der Waals surface area contributed by atoms with Gasteiger partial charge in [-0.15, -0.1) is 0 Å². The van der Waals surface area contributed by atoms with Gasteiger partial charge in [-0.2, -0.15) is 0 Å². The Kier molecular flexibility index (Phi) is 6.71. The number of nitrogens with zero attached hydrogens (tertiary/aromatic N) is 2. The lowest BCUT2D eigenvalue weighted by Crippen LogP contribution is -2.35. The summed E-state index contributed by atoms with van der Waals surface area (Å²) in [6, 6.07) is 12.9. The van der Waals surface area contributed by atoms with Crippen LogP contribution in [0.15, 0.2) is 47.4 Å². The molecule has 31 heavy (non-hydrogen) atoms. The second-order valence-electron chi connectivity index (χ2n) is 8.13. The minimum Gasteiger partial charge on any atom is -0.379 e. The highest BCUT2D eigenvalue weighted by molar-refractivity contribution is 7.89. The van der Waals surface area contributed by atoms with E-state index < -0.39 is 10.0 Å². The molecule has 7 nitrogen and oxygen atoms in total. The fraction of sp³-hybridized carbons (Fsp3) is 0.435. The van der Waals surface area contributed by atoms with Crippen LogP contribution in [-0.2, 0) is 32.6 Å². The van der Waals surface area contributed by atoms with Crippen LogP contribution >= 0.6 is 0 Å². The Bertz CT molecular complexity index is 1050. The number of anilines is 1. The summed E-state index contributed by atoms with van der Waals surface area (Å²) in [4.78, 5) is 16.3. The van der Waals surface area contributed by atoms with Crippen LogP contribution in [-0.4, -0.2) is 52.1 Å². The Balaban J connectivity index is 1.41. The van der Waals surface area contributed by atoms with Gasteiger partial charge < -0.3 is 9.64 Å². The molecule has 0 unspecified atom stereocenters. The molecule has 2 aliphatic heterocycles. The van der Waals surface area contributed by atoms with Gasteiger partial charge in [0.25, 0.3) is 0 Å². The number of ether oxygens (including phenoxy) is 1. The van der Waals surface area contributed by atoms with Gasteiger partial charge in [-0.05, 0) is 48.2 Å². The molecule has 0 atom stereocenters. The highest BCUT2D eigenvalue weighted by Gasteiger charge is 2.24. The number of nitrogens with one attached hydrogen (secondary N) is 1. The molecular weight excluding hydrogens is 414 g/mol. The largest absolute Gasteiger partial charge is 0.379 e. The third kappa shape index (κ3) is 5.33. The Morgan fingerprint density at radius 3 is 2.52 bits per heavy atom. The predicted octanol–water partition coefficient (Wildman–Crippen LogP) is 2.43. The van der Waals surface area contributed by atoms with Gasteiger partial charge in [0.2, 0.25) is 15.9 Å². The monoisotopic (exact) mass is 443 g/mol. The van der Waals surface area contributed by atoms with E-state index >= 15 is 0 Å². The molecule has 0 radical (unpaired) electrons. The standard InChI is InChI=1S/C23H29N3O4S/c1-18-14-21(7-8-22(18)26-9-3-6-23(26)27)31(28,29)24-16-19-4-2-5-20(15-19)17-25-10-12-30-13-11-25/h2,4-5,7-8,14-15,24H,3,6,9-13,16-17H2,1H3. The first kappa shape index (κ1) is 22.0. The van der Waals surface area contributed by atoms with Crippen molar-refractivity contribution in [1.29, 1.82) is 0 Å². The molecular formula is C23H29N3O4S. The molecule has 0 spiro atoms. The first-order valence-electron chi connectivity index (χ1n) is 10.7. The molecule has 4 rings (SSSR count). The van der Waals surface area contributed by atoms with Gasteiger partial charge in [0.1, 0.15) is 0 Å². The SMILES string of the molecule is Cc1cc(S(=O)(=O)NCc2cccc(CN3CCOCC3)c2)ccc1N1CCCC1=O. The van der Waals surface area contributed by atoms with Crippen molar-refractivity contribution >= 4 is 21.6 Å². The summed E-state index contributed by atoms with van der Waals surface area (Å²) in [6.45, 7) is 6.92. The molecule has 8 heteroatoms. The van der Waals surface area contributed by atoms with Crippen molar-refractivity contribution in [2.45, 2.75) is 37.8 Å². The first-order valence-corrected chi connectivity index (χ1v) is 12.2. The van der Waals surface area contributed by atoms with Crippen LogP contribution in [0.3, 0.4) is 0 Å². The number of hydrogen-bond acceptors (Lipinski definition) is 5. The summed E-state index contributed by atoms with van der Waals surface area (Å²) in [5.41, 5.74) is 3.65. The minimum absolute atomic E-state index is 0.0915. The number of carbonyl (C=O) groups excluding carboxylic acids is 1. The van der Waals surface area contributed by atoms with E-state index in [1.165, 1.54) is 0 Å². The quantitative estimate of drug-likeness (QED) is 0.711. The molecule has 166 valence electrons. The number of benzene rings is 2. The number of rotatable bonds is 7. The van der Waals surface area contributed by atoms with Crippen molar-refractivity contribution in [1.82, 2.24) is 9.62 Å². The average Bonchev–Trinajstić information content (AvgIpc) is 3.19. The number of carbonyl (C=O) groups is 1. The van der Waals surface area contributed by atoms with Crippen LogP contribution in [0, 0.1) is 6.92 Å². The van der Waals surface area contributed by atoms with E-state index in [2.05, 4.69) is 15.7 Å². The summed E-state index contributed by atoms with van der Waals surface area (Å²) in [7, 11) is -3.66. The Morgan fingerprint density at radius 1 is 1.03 bits per heavy atom. The zero-order valence-electron chi connectivity index (χ0n) is 17.8. The maximum absolute atomic E-state index is 12.8. The molecule has 0 saturated carbocycles. The molecule has 2 fully saturated rings. The molecule has 2 aliphatic rings. The van der Waals surface area contributed by atoms with Gasteiger partial charge in [-0.25, -0.2) is 13.1 Å². The van der Waals surface area contributed by atoms with Crippen molar-refractivity contribution in [3.05, 3.63) is 59.2 Å². The van der Waals surface area contributed by atoms with E-state index in [0.717, 1.165) is 61.6 Å². The van der Waals surface area contributed by atoms with E-state index in [1.54, 1.807) is 23.1 Å². The summed E-state index contributed by atoms with van der Waals surface area (Å²) in [5, 5.41) is 0. The second-order valence-corrected chi connectivity index (χ2v) is 9.90. The normalized spacial score (nSPS) is 18.0. The minimum atomic E-state index is -3.66. The molecule has 1 amide bonds. The lowest BCUT2D eigenvalue weighted by Gasteiger charge is -2.26. The third-order valence-electron chi connectivity index (χ3n) is 5.81. The molecule has 0 aliphatic carbocycles. The van der Waals surface area contributed by atoms with E-state index in [4.69, 9.17) is 4.74 Å². The van der Waals surface area contributed by atoms with Crippen molar-refractivity contribution in [2.24, 2.45) is 0 Å². The van der Waals surface area contributed by atoms with Crippen molar-refractivity contribution in [3.63, 3.8) is 0 Å². The average molecular weight is 444 g/mol. The zero-order chi connectivity index (χ0) is 21.8. The number of hydrogen-bond donors (Lipinski definition) is 1. The number of amides is 1. The molecule has 0 aromatic heterocycles.